The Kier molecular flexibility index (Phi) is 8.03. The average Bonchev–Trinajstić information content (AvgIpc) is 3.29. The Balaban J connectivity index is 1.64. The number of rotatable bonds is 10. The number of methoxy groups -OCH3 is 4. The lowest BCUT2D eigenvalue weighted by molar-refractivity contribution is 0.0953. The number of benzene rings is 3. The van der Waals surface area contributed by atoms with Crippen LogP contribution in [-0.2, 0) is 6.42 Å². The summed E-state index contributed by atoms with van der Waals surface area (Å²) in [6.07, 6.45) is 0.656. The first-order chi connectivity index (χ1) is 18.0. The van der Waals surface area contributed by atoms with Gasteiger partial charge in [0.25, 0.3) is 5.91 Å². The van der Waals surface area contributed by atoms with Gasteiger partial charge in [-0.15, -0.1) is 0 Å². The van der Waals surface area contributed by atoms with E-state index in [2.05, 4.69) is 9.88 Å². The van der Waals surface area contributed by atoms with Crippen molar-refractivity contribution < 1.29 is 23.7 Å². The minimum absolute atomic E-state index is 0.138. The summed E-state index contributed by atoms with van der Waals surface area (Å²) in [5.74, 6) is 2.55. The minimum Gasteiger partial charge on any atom is -0.497 e. The zero-order chi connectivity index (χ0) is 26.4. The fraction of sp³-hybridized carbons (Fsp3) is 0.233. The Bertz CT molecular complexity index is 1380. The van der Waals surface area contributed by atoms with Crippen molar-refractivity contribution in [3.63, 3.8) is 0 Å². The van der Waals surface area contributed by atoms with Gasteiger partial charge in [-0.2, -0.15) is 0 Å². The van der Waals surface area contributed by atoms with Crippen molar-refractivity contribution in [1.29, 1.82) is 0 Å². The number of nitrogens with zero attached hydrogens (tertiary/aromatic N) is 1. The van der Waals surface area contributed by atoms with E-state index in [0.29, 0.717) is 41.5 Å². The van der Waals surface area contributed by atoms with E-state index in [1.807, 2.05) is 79.7 Å². The molecule has 0 spiro atoms. The second kappa shape index (κ2) is 11.6. The van der Waals surface area contributed by atoms with Gasteiger partial charge in [0.2, 0.25) is 0 Å². The molecule has 0 atom stereocenters. The Labute approximate surface area is 217 Å². The highest BCUT2D eigenvalue weighted by Crippen LogP contribution is 2.35. The molecule has 0 aliphatic carbocycles. The summed E-state index contributed by atoms with van der Waals surface area (Å²) in [6.45, 7) is 2.42. The maximum atomic E-state index is 13.3. The minimum atomic E-state index is -0.138. The Hall–Kier alpha value is -4.39. The molecule has 1 aromatic heterocycles. The number of hydrogen-bond donors (Lipinski definition) is 1. The van der Waals surface area contributed by atoms with Crippen molar-refractivity contribution >= 4 is 5.91 Å². The number of hydrogen-bond acceptors (Lipinski definition) is 5. The number of carbonyl (C=O) groups is 1. The molecule has 0 fully saturated rings. The van der Waals surface area contributed by atoms with Crippen LogP contribution in [0.1, 0.15) is 21.6 Å². The van der Waals surface area contributed by atoms with Crippen LogP contribution in [0.5, 0.6) is 23.0 Å². The normalized spacial score (nSPS) is 10.6. The Morgan fingerprint density at radius 2 is 1.51 bits per heavy atom. The molecule has 7 heteroatoms. The number of carbonyl (C=O) groups excluding carboxylic acids is 1. The molecule has 1 N–H and O–H groups in total. The predicted molar refractivity (Wildman–Crippen MR) is 145 cm³/mol. The third kappa shape index (κ3) is 5.40. The molecule has 4 rings (SSSR count). The van der Waals surface area contributed by atoms with E-state index in [0.717, 1.165) is 28.2 Å². The first-order valence-electron chi connectivity index (χ1n) is 12.0. The predicted octanol–water partition coefficient (Wildman–Crippen LogP) is 5.46. The van der Waals surface area contributed by atoms with Crippen molar-refractivity contribution in [1.82, 2.24) is 9.88 Å². The number of nitrogens with one attached hydrogen (secondary N) is 1. The standard InChI is InChI=1S/C30H32N2O5/c1-20-24(30(33)31-16-15-21-11-14-27(35-3)29(17-21)37-5)19-26(22-9-7-6-8-10-22)32(20)25-13-12-23(34-2)18-28(25)36-4/h6-14,17-19H,15-16H2,1-5H3,(H,31,33). The van der Waals surface area contributed by atoms with Crippen molar-refractivity contribution in [2.75, 3.05) is 35.0 Å². The molecule has 3 aromatic carbocycles. The molecule has 0 bridgehead atoms. The largest absolute Gasteiger partial charge is 0.497 e. The molecule has 0 saturated carbocycles. The van der Waals surface area contributed by atoms with Crippen LogP contribution in [0.25, 0.3) is 16.9 Å². The van der Waals surface area contributed by atoms with Gasteiger partial charge in [-0.05, 0) is 54.8 Å². The van der Waals surface area contributed by atoms with Crippen molar-refractivity contribution in [3.05, 3.63) is 89.6 Å². The van der Waals surface area contributed by atoms with Crippen LogP contribution < -0.4 is 24.3 Å². The monoisotopic (exact) mass is 500 g/mol. The van der Waals surface area contributed by atoms with E-state index in [1.165, 1.54) is 0 Å². The van der Waals surface area contributed by atoms with Gasteiger partial charge in [-0.3, -0.25) is 4.79 Å². The lowest BCUT2D eigenvalue weighted by Crippen LogP contribution is -2.26. The van der Waals surface area contributed by atoms with Crippen LogP contribution in [0.3, 0.4) is 0 Å². The van der Waals surface area contributed by atoms with E-state index < -0.39 is 0 Å². The highest BCUT2D eigenvalue weighted by atomic mass is 16.5. The first-order valence-corrected chi connectivity index (χ1v) is 12.0. The second-order valence-electron chi connectivity index (χ2n) is 8.46. The zero-order valence-electron chi connectivity index (χ0n) is 21.8. The second-order valence-corrected chi connectivity index (χ2v) is 8.46. The van der Waals surface area contributed by atoms with Crippen molar-refractivity contribution in [3.8, 4) is 39.9 Å². The summed E-state index contributed by atoms with van der Waals surface area (Å²) < 4.78 is 23.8. The number of amides is 1. The van der Waals surface area contributed by atoms with Gasteiger partial charge in [0, 0.05) is 18.3 Å². The quantitative estimate of drug-likeness (QED) is 0.313. The molecule has 1 heterocycles. The molecule has 0 unspecified atom stereocenters. The summed E-state index contributed by atoms with van der Waals surface area (Å²) in [7, 11) is 6.46. The molecule has 1 amide bonds. The van der Waals surface area contributed by atoms with Crippen LogP contribution in [0.4, 0.5) is 0 Å². The molecule has 0 saturated heterocycles. The van der Waals surface area contributed by atoms with Crippen LogP contribution >= 0.6 is 0 Å². The SMILES string of the molecule is COc1ccc(-n2c(-c3ccccc3)cc(C(=O)NCCc3ccc(OC)c(OC)c3)c2C)c(OC)c1. The van der Waals surface area contributed by atoms with Gasteiger partial charge in [0.1, 0.15) is 11.5 Å². The zero-order valence-corrected chi connectivity index (χ0v) is 21.8. The van der Waals surface area contributed by atoms with Gasteiger partial charge >= 0.3 is 0 Å². The molecule has 37 heavy (non-hydrogen) atoms. The molecule has 0 aliphatic rings. The summed E-state index contributed by atoms with van der Waals surface area (Å²) in [4.78, 5) is 13.3. The van der Waals surface area contributed by atoms with Crippen LogP contribution in [0, 0.1) is 6.92 Å². The lowest BCUT2D eigenvalue weighted by atomic mass is 10.1. The van der Waals surface area contributed by atoms with E-state index in [9.17, 15) is 4.79 Å². The van der Waals surface area contributed by atoms with Gasteiger partial charge in [-0.25, -0.2) is 0 Å². The van der Waals surface area contributed by atoms with Gasteiger partial charge in [-0.1, -0.05) is 36.4 Å². The van der Waals surface area contributed by atoms with Crippen LogP contribution in [0.2, 0.25) is 0 Å². The Morgan fingerprint density at radius 1 is 0.784 bits per heavy atom. The molecule has 0 aliphatic heterocycles. The van der Waals surface area contributed by atoms with E-state index in [-0.39, 0.29) is 5.91 Å². The molecular formula is C30H32N2O5. The summed E-state index contributed by atoms with van der Waals surface area (Å²) in [5, 5.41) is 3.07. The van der Waals surface area contributed by atoms with Gasteiger partial charge in [0.05, 0.1) is 45.4 Å². The summed E-state index contributed by atoms with van der Waals surface area (Å²) in [6, 6.07) is 23.4. The topological polar surface area (TPSA) is 71.0 Å². The average molecular weight is 501 g/mol. The van der Waals surface area contributed by atoms with Gasteiger partial charge < -0.3 is 28.8 Å². The maximum Gasteiger partial charge on any atom is 0.253 e. The summed E-state index contributed by atoms with van der Waals surface area (Å²) in [5.41, 5.74) is 5.17. The first kappa shape index (κ1) is 25.7. The highest BCUT2D eigenvalue weighted by Gasteiger charge is 2.21. The summed E-state index contributed by atoms with van der Waals surface area (Å²) >= 11 is 0. The van der Waals surface area contributed by atoms with Gasteiger partial charge in [0.15, 0.2) is 11.5 Å². The van der Waals surface area contributed by atoms with E-state index >= 15 is 0 Å². The number of aromatic nitrogens is 1. The smallest absolute Gasteiger partial charge is 0.253 e. The van der Waals surface area contributed by atoms with Crippen molar-refractivity contribution in [2.24, 2.45) is 0 Å². The molecule has 7 nitrogen and oxygen atoms in total. The van der Waals surface area contributed by atoms with Crippen LogP contribution in [0.15, 0.2) is 72.8 Å². The van der Waals surface area contributed by atoms with Crippen LogP contribution in [-0.4, -0.2) is 45.5 Å². The number of ether oxygens (including phenoxy) is 4. The lowest BCUT2D eigenvalue weighted by Gasteiger charge is -2.16. The molecule has 4 aromatic rings. The molecule has 0 radical (unpaired) electrons. The fourth-order valence-corrected chi connectivity index (χ4v) is 4.39. The molecule has 192 valence electrons. The highest BCUT2D eigenvalue weighted by molar-refractivity contribution is 5.97. The fourth-order valence-electron chi connectivity index (χ4n) is 4.39. The Morgan fingerprint density at radius 3 is 2.19 bits per heavy atom. The molecular weight excluding hydrogens is 468 g/mol. The third-order valence-electron chi connectivity index (χ3n) is 6.34. The van der Waals surface area contributed by atoms with E-state index in [1.54, 1.807) is 28.4 Å². The maximum absolute atomic E-state index is 13.3. The third-order valence-corrected chi connectivity index (χ3v) is 6.34. The van der Waals surface area contributed by atoms with Crippen molar-refractivity contribution in [2.45, 2.75) is 13.3 Å². The van der Waals surface area contributed by atoms with E-state index in [4.69, 9.17) is 18.9 Å².